The molecule has 0 unspecified atom stereocenters. The fourth-order valence-electron chi connectivity index (χ4n) is 18.7. The maximum absolute atomic E-state index is 14.7. The van der Waals surface area contributed by atoms with Crippen LogP contribution in [0.2, 0.25) is 10.0 Å². The predicted octanol–water partition coefficient (Wildman–Crippen LogP) is 12.0. The van der Waals surface area contributed by atoms with E-state index < -0.39 is 0 Å². The normalized spacial score (nSPS) is 23.1. The first-order valence-corrected chi connectivity index (χ1v) is 37.1. The van der Waals surface area contributed by atoms with E-state index in [-0.39, 0.29) is 51.1 Å². The Morgan fingerprint density at radius 2 is 0.908 bits per heavy atom. The molecule has 12 heterocycles. The number of nitrogens with two attached hydrogens (primary N) is 3. The topological polar surface area (TPSA) is 338 Å². The molecule has 15 aromatic rings. The molecule has 3 saturated heterocycles. The Kier molecular flexibility index (Phi) is 16.6. The van der Waals surface area contributed by atoms with Crippen molar-refractivity contribution in [1.82, 2.24) is 85.9 Å². The third kappa shape index (κ3) is 11.2. The molecule has 6 fully saturated rings. The van der Waals surface area contributed by atoms with Gasteiger partial charge in [-0.1, -0.05) is 114 Å². The summed E-state index contributed by atoms with van der Waals surface area (Å²) in [4.78, 5) is 51.9. The van der Waals surface area contributed by atoms with E-state index >= 15 is 0 Å². The molecule has 3 aliphatic heterocycles. The number of halogens is 5. The van der Waals surface area contributed by atoms with Gasteiger partial charge in [-0.05, 0) is 119 Å². The van der Waals surface area contributed by atoms with Crippen LogP contribution in [0.3, 0.4) is 0 Å². The molecule has 9 aromatic heterocycles. The maximum Gasteiger partial charge on any atom is 0.272 e. The third-order valence-corrected chi connectivity index (χ3v) is 24.8. The molecule has 24 nitrogen and oxygen atoms in total. The molecular weight excluding hydrogens is 1430 g/mol. The van der Waals surface area contributed by atoms with Crippen molar-refractivity contribution in [3.63, 3.8) is 0 Å². The average Bonchev–Trinajstić information content (AvgIpc) is 1.54. The van der Waals surface area contributed by atoms with Crippen molar-refractivity contribution in [2.45, 2.75) is 35.5 Å². The number of hydrogen-bond donors (Lipinski definition) is 8. The Labute approximate surface area is 629 Å². The van der Waals surface area contributed by atoms with Crippen LogP contribution in [0.1, 0.15) is 36.0 Å². The van der Waals surface area contributed by atoms with E-state index in [1.54, 1.807) is 61.4 Å². The largest absolute Gasteiger partial charge is 0.355 e. The highest BCUT2D eigenvalue weighted by molar-refractivity contribution is 6.34. The second kappa shape index (κ2) is 26.7. The number of piperidine rings is 3. The molecule has 109 heavy (non-hydrogen) atoms. The quantitative estimate of drug-likeness (QED) is 0.0531. The Morgan fingerprint density at radius 1 is 0.450 bits per heavy atom. The van der Waals surface area contributed by atoms with Crippen LogP contribution >= 0.6 is 23.2 Å². The Morgan fingerprint density at radius 3 is 1.38 bits per heavy atom. The van der Waals surface area contributed by atoms with Crippen molar-refractivity contribution in [1.29, 1.82) is 0 Å². The summed E-state index contributed by atoms with van der Waals surface area (Å²) in [7, 11) is 0. The van der Waals surface area contributed by atoms with Crippen LogP contribution in [0, 0.1) is 53.0 Å². The number of hydrogen-bond acceptors (Lipinski definition) is 19. The van der Waals surface area contributed by atoms with Crippen LogP contribution in [-0.2, 0) is 16.2 Å². The van der Waals surface area contributed by atoms with Crippen molar-refractivity contribution in [3.05, 3.63) is 231 Å². The van der Waals surface area contributed by atoms with E-state index in [0.29, 0.717) is 104 Å². The van der Waals surface area contributed by atoms with Crippen molar-refractivity contribution in [2.75, 3.05) is 73.6 Å². The Bertz CT molecular complexity index is 6120. The molecule has 9 atom stereocenters. The van der Waals surface area contributed by atoms with E-state index in [4.69, 9.17) is 65.3 Å². The van der Waals surface area contributed by atoms with Crippen molar-refractivity contribution < 1.29 is 13.2 Å². The number of aromatic nitrogens is 17. The van der Waals surface area contributed by atoms with Gasteiger partial charge in [-0.15, -0.1) is 0 Å². The SMILES string of the molecule is NC[C@]1(c2ccccc2F)[C@@H]2CCN(c3cnc4c(-c5ccc(-c6cn[nH]c6)cc5Cl)n[nH]c4n3)C[C@@H]21.NC[C@]1(c2ccccc2F)[C@@H]2CCN(c3cnc4c(-c5ccc6cc(Cl)cnc6c5)n[nH]c4n3)C[C@@H]21.NC[C@]1(c2ccccc2F)[C@@H]2CCN(c3cnc4c(-c5ccc6cn[nH]c(=O)c6c5)n[nH]c4n3)C[C@@H]21. The highest BCUT2D eigenvalue weighted by Gasteiger charge is 2.68. The van der Waals surface area contributed by atoms with Crippen LogP contribution in [0.4, 0.5) is 30.6 Å². The summed E-state index contributed by atoms with van der Waals surface area (Å²) in [5.74, 6) is 3.80. The van der Waals surface area contributed by atoms with Crippen LogP contribution in [0.5, 0.6) is 0 Å². The molecule has 11 N–H and O–H groups in total. The van der Waals surface area contributed by atoms with Crippen LogP contribution in [0.15, 0.2) is 182 Å². The molecule has 6 aliphatic rings. The first-order valence-electron chi connectivity index (χ1n) is 36.3. The number of anilines is 3. The van der Waals surface area contributed by atoms with E-state index in [1.807, 2.05) is 97.2 Å². The molecule has 6 aromatic carbocycles. The van der Waals surface area contributed by atoms with Gasteiger partial charge in [0.05, 0.1) is 51.9 Å². The monoisotopic (exact) mass is 1500 g/mol. The zero-order chi connectivity index (χ0) is 74.0. The molecule has 0 radical (unpaired) electrons. The fourth-order valence-corrected chi connectivity index (χ4v) is 19.1. The molecule has 29 heteroatoms. The lowest BCUT2D eigenvalue weighted by molar-refractivity contribution is 0.533. The second-order valence-corrected chi connectivity index (χ2v) is 30.1. The number of H-pyrrole nitrogens is 5. The minimum Gasteiger partial charge on any atom is -0.355 e. The average molecular weight is 1500 g/mol. The fraction of sp³-hybridized carbons (Fsp3) is 0.263. The molecule has 3 aliphatic carbocycles. The number of rotatable bonds is 13. The zero-order valence-corrected chi connectivity index (χ0v) is 59.9. The molecule has 0 spiro atoms. The molecule has 546 valence electrons. The lowest BCUT2D eigenvalue weighted by Gasteiger charge is -2.26. The lowest BCUT2D eigenvalue weighted by atomic mass is 9.91. The van der Waals surface area contributed by atoms with Crippen molar-refractivity contribution in [3.8, 4) is 44.9 Å². The summed E-state index contributed by atoms with van der Waals surface area (Å²) in [6.07, 6.45) is 15.0. The second-order valence-electron chi connectivity index (χ2n) is 29.3. The van der Waals surface area contributed by atoms with E-state index in [0.717, 1.165) is 142 Å². The number of nitrogens with zero attached hydrogens (tertiary/aromatic N) is 15. The summed E-state index contributed by atoms with van der Waals surface area (Å²) < 4.78 is 44.0. The van der Waals surface area contributed by atoms with Gasteiger partial charge in [-0.3, -0.25) is 30.2 Å². The first kappa shape index (κ1) is 67.9. The Balaban J connectivity index is 0.000000111. The van der Waals surface area contributed by atoms with Crippen LogP contribution < -0.4 is 37.5 Å². The summed E-state index contributed by atoms with van der Waals surface area (Å²) in [5.41, 5.74) is 30.8. The highest BCUT2D eigenvalue weighted by Crippen LogP contribution is 2.66. The number of benzene rings is 6. The molecular formula is C80H70Cl2F3N23O. The molecule has 3 saturated carbocycles. The predicted molar refractivity (Wildman–Crippen MR) is 413 cm³/mol. The van der Waals surface area contributed by atoms with Gasteiger partial charge in [0.25, 0.3) is 5.56 Å². The smallest absolute Gasteiger partial charge is 0.272 e. The molecule has 0 amide bonds. The minimum atomic E-state index is -0.317. The highest BCUT2D eigenvalue weighted by atomic mass is 35.5. The van der Waals surface area contributed by atoms with Gasteiger partial charge in [0.1, 0.15) is 68.5 Å². The molecule has 21 rings (SSSR count). The van der Waals surface area contributed by atoms with Gasteiger partial charge in [-0.2, -0.15) is 25.5 Å². The zero-order valence-electron chi connectivity index (χ0n) is 58.4. The number of aromatic amines is 5. The van der Waals surface area contributed by atoms with Gasteiger partial charge < -0.3 is 31.9 Å². The lowest BCUT2D eigenvalue weighted by Crippen LogP contribution is -2.32. The number of pyridine rings is 1. The number of nitrogens with one attached hydrogen (secondary N) is 5. The summed E-state index contributed by atoms with van der Waals surface area (Å²) in [5, 5.41) is 39.0. The van der Waals surface area contributed by atoms with E-state index in [1.165, 1.54) is 18.2 Å². The van der Waals surface area contributed by atoms with Crippen molar-refractivity contribution in [2.24, 2.45) is 52.7 Å². The minimum absolute atomic E-state index is 0.165. The maximum atomic E-state index is 14.7. The van der Waals surface area contributed by atoms with Gasteiger partial charge in [0.2, 0.25) is 0 Å². The van der Waals surface area contributed by atoms with Gasteiger partial charge >= 0.3 is 0 Å². The van der Waals surface area contributed by atoms with Gasteiger partial charge in [0.15, 0.2) is 16.9 Å². The summed E-state index contributed by atoms with van der Waals surface area (Å²) >= 11 is 12.7. The van der Waals surface area contributed by atoms with Gasteiger partial charge in [-0.25, -0.2) is 48.2 Å². The van der Waals surface area contributed by atoms with E-state index in [9.17, 15) is 18.0 Å². The molecule has 0 bridgehead atoms. The van der Waals surface area contributed by atoms with Crippen molar-refractivity contribution >= 4 is 95.8 Å². The number of fused-ring (bicyclic) bond motifs is 8. The summed E-state index contributed by atoms with van der Waals surface area (Å²) in [6, 6.07) is 40.2. The van der Waals surface area contributed by atoms with Crippen LogP contribution in [0.25, 0.3) is 100 Å². The van der Waals surface area contributed by atoms with E-state index in [2.05, 4.69) is 75.7 Å². The first-order chi connectivity index (χ1) is 53.3. The standard InChI is InChI=1S/C27H24ClFN8.C27H23ClFN7.C26H23FN8O/c28-21-9-15(16-10-32-33-11-16)5-6-17(21)24-25-26(36-35-24)34-23(12-31-25)37-8-7-18-20(13-37)27(18,14-30)19-3-1-2-4-22(19)29;28-17-9-15-5-6-16(10-22(15)31-11-17)24-25-26(35-34-24)33-23(12-32-25)36-8-7-18-20(13-36)27(18,14-30)19-3-1-2-4-21(19)29;27-20-4-2-1-3-18(20)26(13-28)17-7-8-35(12-19(17)26)21-11-29-23-22(32-33-24(23)31-21)14-5-6-15-10-30-34-25(36)16(15)9-14/h1-6,9-12,18,20H,7-8,13-14,30H2,(H,32,33)(H,34,35,36);1-6,9-12,18,20H,7-8,13-14,30H2,(H,33,34,35);1-6,9-11,17,19H,7-8,12-13,28H2,(H,34,36)(H,31,32,33)/t2*18-,20+,27-;17-,19+,26-/m111/s1. The Hall–Kier alpha value is -11.6. The summed E-state index contributed by atoms with van der Waals surface area (Å²) in [6.45, 7) is 6.05. The van der Waals surface area contributed by atoms with Crippen LogP contribution in [-0.4, -0.2) is 145 Å². The third-order valence-electron chi connectivity index (χ3n) is 24.3. The van der Waals surface area contributed by atoms with Gasteiger partial charge in [0, 0.05) is 121 Å².